The van der Waals surface area contributed by atoms with Crippen LogP contribution in [0.25, 0.3) is 5.52 Å². The molecule has 4 heterocycles. The first-order valence-electron chi connectivity index (χ1n) is 15.4. The van der Waals surface area contributed by atoms with Gasteiger partial charge in [0.2, 0.25) is 0 Å². The molecule has 228 valence electrons. The van der Waals surface area contributed by atoms with Crippen molar-refractivity contribution in [2.75, 3.05) is 33.9 Å². The van der Waals surface area contributed by atoms with Crippen molar-refractivity contribution in [2.24, 2.45) is 17.8 Å². The molecule has 4 aliphatic rings. The highest BCUT2D eigenvalue weighted by atomic mass is 19.4. The number of alkyl halides is 3. The molecule has 2 aliphatic heterocycles. The van der Waals surface area contributed by atoms with E-state index in [2.05, 4.69) is 34.6 Å². The summed E-state index contributed by atoms with van der Waals surface area (Å²) in [5, 5.41) is 0. The summed E-state index contributed by atoms with van der Waals surface area (Å²) in [6.45, 7) is 5.09. The fourth-order valence-corrected chi connectivity index (χ4v) is 7.88. The topological polar surface area (TPSA) is 66.2 Å². The second-order valence-corrected chi connectivity index (χ2v) is 13.3. The minimum Gasteiger partial charge on any atom is -0.378 e. The minimum atomic E-state index is -4.54. The fourth-order valence-electron chi connectivity index (χ4n) is 7.88. The Balaban J connectivity index is 1.30. The van der Waals surface area contributed by atoms with E-state index in [-0.39, 0.29) is 29.0 Å². The van der Waals surface area contributed by atoms with Crippen LogP contribution in [0.5, 0.6) is 0 Å². The zero-order valence-electron chi connectivity index (χ0n) is 24.6. The summed E-state index contributed by atoms with van der Waals surface area (Å²) in [6, 6.07) is 1.13. The van der Waals surface area contributed by atoms with Crippen LogP contribution in [0.15, 0.2) is 23.3 Å². The van der Waals surface area contributed by atoms with Gasteiger partial charge in [0.25, 0.3) is 0 Å². The first-order valence-corrected chi connectivity index (χ1v) is 15.4. The summed E-state index contributed by atoms with van der Waals surface area (Å²) in [5.41, 5.74) is 6.04. The Labute approximate surface area is 240 Å². The molecule has 2 saturated heterocycles. The predicted molar refractivity (Wildman–Crippen MR) is 151 cm³/mol. The second kappa shape index (κ2) is 11.3. The molecule has 4 fully saturated rings. The van der Waals surface area contributed by atoms with Gasteiger partial charge in [0.1, 0.15) is 0 Å². The Kier molecular flexibility index (Phi) is 8.04. The van der Waals surface area contributed by atoms with E-state index in [0.717, 1.165) is 77.5 Å². The molecule has 2 aliphatic carbocycles. The van der Waals surface area contributed by atoms with Crippen LogP contribution >= 0.6 is 0 Å². The molecule has 2 saturated carbocycles. The van der Waals surface area contributed by atoms with Gasteiger partial charge in [0.15, 0.2) is 0 Å². The van der Waals surface area contributed by atoms with E-state index in [1.807, 2.05) is 0 Å². The number of imidazole rings is 1. The van der Waals surface area contributed by atoms with Crippen molar-refractivity contribution >= 4 is 5.52 Å². The van der Waals surface area contributed by atoms with Gasteiger partial charge in [-0.05, 0) is 94.3 Å². The maximum Gasteiger partial charge on any atom is 0.418 e. The van der Waals surface area contributed by atoms with E-state index < -0.39 is 11.7 Å². The lowest BCUT2D eigenvalue weighted by Crippen LogP contribution is -2.47. The van der Waals surface area contributed by atoms with Crippen LogP contribution in [-0.2, 0) is 17.5 Å². The fraction of sp³-hybridized carbons (Fsp3) is 0.767. The normalized spacial score (nSPS) is 30.2. The summed E-state index contributed by atoms with van der Waals surface area (Å²) in [6.07, 6.45) is 7.51. The first kappa shape index (κ1) is 29.2. The maximum atomic E-state index is 14.3. The number of rotatable bonds is 8. The highest BCUT2D eigenvalue weighted by molar-refractivity contribution is 5.56. The van der Waals surface area contributed by atoms with Crippen molar-refractivity contribution < 1.29 is 17.9 Å². The number of methoxy groups -OCH3 is 1. The van der Waals surface area contributed by atoms with Gasteiger partial charge >= 0.3 is 11.9 Å². The Morgan fingerprint density at radius 1 is 1.17 bits per heavy atom. The van der Waals surface area contributed by atoms with E-state index in [9.17, 15) is 18.0 Å². The van der Waals surface area contributed by atoms with Crippen molar-refractivity contribution in [1.29, 1.82) is 0 Å². The van der Waals surface area contributed by atoms with E-state index in [4.69, 9.17) is 4.74 Å². The van der Waals surface area contributed by atoms with Crippen LogP contribution in [0.3, 0.4) is 0 Å². The van der Waals surface area contributed by atoms with Crippen molar-refractivity contribution in [1.82, 2.24) is 29.6 Å². The molecule has 0 radical (unpaired) electrons. The Bertz CT molecular complexity index is 1290. The third kappa shape index (κ3) is 5.98. The molecule has 0 amide bonds. The number of hydrazine groups is 1. The lowest BCUT2D eigenvalue weighted by Gasteiger charge is -2.40. The molecular weight excluding hydrogens is 533 g/mol. The lowest BCUT2D eigenvalue weighted by atomic mass is 9.73. The van der Waals surface area contributed by atoms with Gasteiger partial charge in [-0.1, -0.05) is 13.3 Å². The molecule has 0 aromatic carbocycles. The number of fused-ring (bicyclic) bond motifs is 1. The van der Waals surface area contributed by atoms with E-state index in [1.54, 1.807) is 17.9 Å². The molecule has 5 atom stereocenters. The standard InChI is InChI=1S/C30H45F3N6O2/c1-20-6-5-11-37(15-20)16-21-12-25(30(31,32)33)26-18-38(28(40)39(26)17-21)23-8-4-7-22(13-23)24(14-29(41-3)9-10-29)27-35-34-19-36(27)2/h12,17-18,20,22-24,27,34-35H,4-11,13-16,19H2,1-3H3/t20-,22?,23?,24-,27?/m0/s1. The van der Waals surface area contributed by atoms with Crippen LogP contribution < -0.4 is 16.5 Å². The average molecular weight is 579 g/mol. The average Bonchev–Trinajstić information content (AvgIpc) is 3.47. The quantitative estimate of drug-likeness (QED) is 0.478. The molecule has 0 spiro atoms. The lowest BCUT2D eigenvalue weighted by molar-refractivity contribution is -0.136. The third-order valence-corrected chi connectivity index (χ3v) is 10.3. The van der Waals surface area contributed by atoms with Crippen molar-refractivity contribution in [2.45, 2.75) is 95.2 Å². The highest BCUT2D eigenvalue weighted by Gasteiger charge is 2.49. The molecule has 0 bridgehead atoms. The summed E-state index contributed by atoms with van der Waals surface area (Å²) >= 11 is 0. The molecule has 2 N–H and O–H groups in total. The Hall–Kier alpha value is -1.92. The monoisotopic (exact) mass is 578 g/mol. The largest absolute Gasteiger partial charge is 0.418 e. The van der Waals surface area contributed by atoms with Crippen LogP contribution in [0.1, 0.15) is 81.9 Å². The van der Waals surface area contributed by atoms with E-state index >= 15 is 0 Å². The van der Waals surface area contributed by atoms with Gasteiger partial charge < -0.3 is 4.74 Å². The van der Waals surface area contributed by atoms with E-state index in [1.165, 1.54) is 16.7 Å². The number of ether oxygens (including phenoxy) is 1. The summed E-state index contributed by atoms with van der Waals surface area (Å²) in [4.78, 5) is 18.3. The number of nitrogens with one attached hydrogen (secondary N) is 2. The Morgan fingerprint density at radius 2 is 1.98 bits per heavy atom. The summed E-state index contributed by atoms with van der Waals surface area (Å²) in [5.74, 6) is 1.15. The number of hydrogen-bond acceptors (Lipinski definition) is 6. The van der Waals surface area contributed by atoms with Gasteiger partial charge in [0, 0.05) is 38.6 Å². The SMILES string of the molecule is COC1(C[C@@H](C2CCCC(n3cc4c(C(F)(F)F)cc(CN5CCC[C@H](C)C5)cn4c3=O)C2)C2NNCN2C)CC1. The molecule has 8 nitrogen and oxygen atoms in total. The van der Waals surface area contributed by atoms with Crippen LogP contribution in [0.4, 0.5) is 13.2 Å². The number of nitrogens with zero attached hydrogens (tertiary/aromatic N) is 4. The van der Waals surface area contributed by atoms with E-state index in [0.29, 0.717) is 29.9 Å². The van der Waals surface area contributed by atoms with Gasteiger partial charge in [0.05, 0.1) is 29.5 Å². The second-order valence-electron chi connectivity index (χ2n) is 13.3. The van der Waals surface area contributed by atoms with Gasteiger partial charge in [-0.25, -0.2) is 15.6 Å². The van der Waals surface area contributed by atoms with Crippen LogP contribution in [-0.4, -0.2) is 64.5 Å². The number of likely N-dealkylation sites (tertiary alicyclic amines) is 1. The number of piperidine rings is 1. The molecule has 11 heteroatoms. The van der Waals surface area contributed by atoms with Crippen molar-refractivity contribution in [3.8, 4) is 0 Å². The molecule has 3 unspecified atom stereocenters. The van der Waals surface area contributed by atoms with Crippen LogP contribution in [0, 0.1) is 17.8 Å². The summed E-state index contributed by atoms with van der Waals surface area (Å²) < 4.78 is 51.8. The highest BCUT2D eigenvalue weighted by Crippen LogP contribution is 2.49. The van der Waals surface area contributed by atoms with Crippen molar-refractivity contribution in [3.05, 3.63) is 40.1 Å². The van der Waals surface area contributed by atoms with Crippen molar-refractivity contribution in [3.63, 3.8) is 0 Å². The number of aromatic nitrogens is 2. The molecule has 2 aromatic rings. The zero-order valence-corrected chi connectivity index (χ0v) is 24.6. The maximum absolute atomic E-state index is 14.3. The van der Waals surface area contributed by atoms with Gasteiger partial charge in [-0.3, -0.25) is 18.8 Å². The molecular formula is C30H45F3N6O2. The third-order valence-electron chi connectivity index (χ3n) is 10.3. The zero-order chi connectivity index (χ0) is 28.9. The van der Waals surface area contributed by atoms with Gasteiger partial charge in [-0.15, -0.1) is 0 Å². The Morgan fingerprint density at radius 3 is 2.63 bits per heavy atom. The number of pyridine rings is 1. The molecule has 41 heavy (non-hydrogen) atoms. The summed E-state index contributed by atoms with van der Waals surface area (Å²) in [7, 11) is 3.89. The molecule has 6 rings (SSSR count). The minimum absolute atomic E-state index is 0.0466. The molecule has 2 aromatic heterocycles. The smallest absolute Gasteiger partial charge is 0.378 e. The van der Waals surface area contributed by atoms with Gasteiger partial charge in [-0.2, -0.15) is 13.2 Å². The first-order chi connectivity index (χ1) is 19.6. The number of halogens is 3. The predicted octanol–water partition coefficient (Wildman–Crippen LogP) is 4.59. The number of hydrogen-bond donors (Lipinski definition) is 2. The van der Waals surface area contributed by atoms with Crippen LogP contribution in [0.2, 0.25) is 0 Å².